The van der Waals surface area contributed by atoms with E-state index in [4.69, 9.17) is 5.73 Å². The van der Waals surface area contributed by atoms with Gasteiger partial charge in [-0.05, 0) is 74.5 Å². The summed E-state index contributed by atoms with van der Waals surface area (Å²) in [6.07, 6.45) is 7.90. The van der Waals surface area contributed by atoms with Crippen LogP contribution >= 0.6 is 0 Å². The van der Waals surface area contributed by atoms with Gasteiger partial charge in [-0.3, -0.25) is 4.79 Å². The van der Waals surface area contributed by atoms with Gasteiger partial charge in [0.25, 0.3) is 0 Å². The first-order valence-electron chi connectivity index (χ1n) is 13.7. The molecule has 5 N–H and O–H groups in total. The highest BCUT2D eigenvalue weighted by Crippen LogP contribution is 2.32. The first kappa shape index (κ1) is 25.1. The zero-order valence-electron chi connectivity index (χ0n) is 22.1. The molecule has 3 atom stereocenters. The number of nitrogens with two attached hydrogens (primary N) is 1. The Hall–Kier alpha value is -4.19. The second-order valence-corrected chi connectivity index (χ2v) is 10.4. The third-order valence-electron chi connectivity index (χ3n) is 7.57. The van der Waals surface area contributed by atoms with Crippen LogP contribution < -0.4 is 11.1 Å². The van der Waals surface area contributed by atoms with Crippen LogP contribution in [0.15, 0.2) is 60.9 Å². The van der Waals surface area contributed by atoms with E-state index < -0.39 is 6.04 Å². The van der Waals surface area contributed by atoms with Crippen LogP contribution in [0.25, 0.3) is 22.5 Å². The normalized spacial score (nSPS) is 19.6. The summed E-state index contributed by atoms with van der Waals surface area (Å²) in [6.45, 7) is 3.51. The summed E-state index contributed by atoms with van der Waals surface area (Å²) in [5, 5.41) is 3.48. The second-order valence-electron chi connectivity index (χ2n) is 10.4. The number of aromatic nitrogens is 4. The molecule has 2 aliphatic heterocycles. The van der Waals surface area contributed by atoms with Crippen LogP contribution in [0.3, 0.4) is 0 Å². The molecule has 2 aromatic carbocycles. The minimum Gasteiger partial charge on any atom is -0.341 e. The number of imidazole rings is 2. The average Bonchev–Trinajstić information content (AvgIpc) is 3.78. The molecule has 1 amide bonds. The number of carbonyl (C=O) groups excluding carboxylic acids is 1. The van der Waals surface area contributed by atoms with E-state index in [0.29, 0.717) is 6.04 Å². The zero-order valence-corrected chi connectivity index (χ0v) is 22.1. The molecule has 4 aromatic rings. The topological polar surface area (TPSA) is 116 Å². The SMILES string of the molecule is CC(N)C(=O)N1CCC[C@H]1c1ncc(-c2ccc(C#Cc3ccc(-c4cnc([C@@H]5CCCN5)[nH]4)cc3)cc2)[nH]1. The van der Waals surface area contributed by atoms with Gasteiger partial charge < -0.3 is 25.9 Å². The monoisotopic (exact) mass is 519 g/mol. The fraction of sp³-hybridized carbons (Fsp3) is 0.323. The van der Waals surface area contributed by atoms with Crippen LogP contribution in [-0.4, -0.2) is 49.9 Å². The summed E-state index contributed by atoms with van der Waals surface area (Å²) in [5.74, 6) is 8.31. The molecule has 2 aliphatic rings. The number of aromatic amines is 2. The van der Waals surface area contributed by atoms with Crippen molar-refractivity contribution in [2.75, 3.05) is 13.1 Å². The minimum absolute atomic E-state index is 0.0275. The number of rotatable bonds is 5. The Morgan fingerprint density at radius 3 is 2.05 bits per heavy atom. The Morgan fingerprint density at radius 1 is 0.897 bits per heavy atom. The molecule has 8 nitrogen and oxygen atoms in total. The number of likely N-dealkylation sites (tertiary alicyclic amines) is 1. The van der Waals surface area contributed by atoms with Gasteiger partial charge in [0.15, 0.2) is 0 Å². The Kier molecular flexibility index (Phi) is 7.01. The van der Waals surface area contributed by atoms with Crippen molar-refractivity contribution in [2.24, 2.45) is 5.73 Å². The van der Waals surface area contributed by atoms with Crippen molar-refractivity contribution in [3.8, 4) is 34.4 Å². The van der Waals surface area contributed by atoms with E-state index in [1.54, 1.807) is 6.92 Å². The number of nitrogens with zero attached hydrogens (tertiary/aromatic N) is 3. The highest BCUT2D eigenvalue weighted by Gasteiger charge is 2.33. The first-order chi connectivity index (χ1) is 19.0. The van der Waals surface area contributed by atoms with E-state index in [1.165, 1.54) is 6.42 Å². The summed E-state index contributed by atoms with van der Waals surface area (Å²) >= 11 is 0. The maximum atomic E-state index is 12.5. The summed E-state index contributed by atoms with van der Waals surface area (Å²) in [7, 11) is 0. The van der Waals surface area contributed by atoms with Crippen molar-refractivity contribution in [3.05, 3.63) is 83.7 Å². The van der Waals surface area contributed by atoms with E-state index in [2.05, 4.69) is 49.2 Å². The molecule has 0 spiro atoms. The number of H-pyrrole nitrogens is 2. The van der Waals surface area contributed by atoms with E-state index in [1.807, 2.05) is 53.7 Å². The van der Waals surface area contributed by atoms with Gasteiger partial charge in [-0.1, -0.05) is 36.1 Å². The highest BCUT2D eigenvalue weighted by molar-refractivity contribution is 5.81. The molecule has 6 rings (SSSR count). The van der Waals surface area contributed by atoms with Gasteiger partial charge in [0.1, 0.15) is 11.6 Å². The lowest BCUT2D eigenvalue weighted by atomic mass is 10.1. The maximum Gasteiger partial charge on any atom is 0.239 e. The number of carbonyl (C=O) groups is 1. The van der Waals surface area contributed by atoms with Gasteiger partial charge in [-0.15, -0.1) is 0 Å². The number of nitrogens with one attached hydrogen (secondary N) is 3. The molecule has 2 saturated heterocycles. The van der Waals surface area contributed by atoms with Crippen LogP contribution in [-0.2, 0) is 4.79 Å². The molecule has 0 bridgehead atoms. The third-order valence-corrected chi connectivity index (χ3v) is 7.57. The van der Waals surface area contributed by atoms with Gasteiger partial charge >= 0.3 is 0 Å². The predicted octanol–water partition coefficient (Wildman–Crippen LogP) is 4.30. The third kappa shape index (κ3) is 5.37. The van der Waals surface area contributed by atoms with Crippen molar-refractivity contribution in [1.82, 2.24) is 30.2 Å². The molecule has 2 aromatic heterocycles. The number of hydrogen-bond donors (Lipinski definition) is 4. The summed E-state index contributed by atoms with van der Waals surface area (Å²) in [6, 6.07) is 16.1. The molecular formula is C31H33N7O. The molecule has 39 heavy (non-hydrogen) atoms. The predicted molar refractivity (Wildman–Crippen MR) is 151 cm³/mol. The van der Waals surface area contributed by atoms with Crippen LogP contribution in [0.4, 0.5) is 0 Å². The Bertz CT molecular complexity index is 1500. The summed E-state index contributed by atoms with van der Waals surface area (Å²) < 4.78 is 0. The van der Waals surface area contributed by atoms with Gasteiger partial charge in [-0.25, -0.2) is 9.97 Å². The lowest BCUT2D eigenvalue weighted by Gasteiger charge is -2.24. The maximum absolute atomic E-state index is 12.5. The quantitative estimate of drug-likeness (QED) is 0.294. The van der Waals surface area contributed by atoms with Gasteiger partial charge in [0, 0.05) is 17.7 Å². The molecule has 0 radical (unpaired) electrons. The summed E-state index contributed by atoms with van der Waals surface area (Å²) in [4.78, 5) is 30.3. The lowest BCUT2D eigenvalue weighted by Crippen LogP contribution is -2.41. The fourth-order valence-electron chi connectivity index (χ4n) is 5.42. The standard InChI is InChI=1S/C31H33N7O/c1-20(32)31(39)38-17-3-5-28(38)30-35-19-27(37-30)24-14-10-22(11-15-24)7-6-21-8-12-23(13-9-21)26-18-34-29(36-26)25-4-2-16-33-25/h8-15,18-20,25,28,33H,2-5,16-17,32H2,1H3,(H,34,36)(H,35,37)/t20?,25-,28-/m0/s1. The minimum atomic E-state index is -0.504. The lowest BCUT2D eigenvalue weighted by molar-refractivity contribution is -0.133. The van der Waals surface area contributed by atoms with Crippen molar-refractivity contribution in [2.45, 2.75) is 50.7 Å². The molecular weight excluding hydrogens is 486 g/mol. The number of amides is 1. The highest BCUT2D eigenvalue weighted by atomic mass is 16.2. The van der Waals surface area contributed by atoms with Gasteiger partial charge in [-0.2, -0.15) is 0 Å². The molecule has 1 unspecified atom stereocenters. The Morgan fingerprint density at radius 2 is 1.49 bits per heavy atom. The number of benzene rings is 2. The zero-order chi connectivity index (χ0) is 26.8. The van der Waals surface area contributed by atoms with Crippen molar-refractivity contribution < 1.29 is 4.79 Å². The van der Waals surface area contributed by atoms with Crippen molar-refractivity contribution in [1.29, 1.82) is 0 Å². The molecule has 4 heterocycles. The van der Waals surface area contributed by atoms with E-state index in [0.717, 1.165) is 77.6 Å². The van der Waals surface area contributed by atoms with Crippen LogP contribution in [0.5, 0.6) is 0 Å². The summed E-state index contributed by atoms with van der Waals surface area (Å²) in [5.41, 5.74) is 11.8. The van der Waals surface area contributed by atoms with E-state index in [-0.39, 0.29) is 11.9 Å². The molecule has 8 heteroatoms. The molecule has 0 aliphatic carbocycles. The Labute approximate surface area is 228 Å². The van der Waals surface area contributed by atoms with Crippen LogP contribution in [0.2, 0.25) is 0 Å². The van der Waals surface area contributed by atoms with Crippen molar-refractivity contribution in [3.63, 3.8) is 0 Å². The van der Waals surface area contributed by atoms with Crippen LogP contribution in [0.1, 0.15) is 67.5 Å². The van der Waals surface area contributed by atoms with E-state index >= 15 is 0 Å². The number of hydrogen-bond acceptors (Lipinski definition) is 5. The fourth-order valence-corrected chi connectivity index (χ4v) is 5.42. The van der Waals surface area contributed by atoms with Gasteiger partial charge in [0.2, 0.25) is 5.91 Å². The first-order valence-corrected chi connectivity index (χ1v) is 13.7. The molecule has 0 saturated carbocycles. The second kappa shape index (κ2) is 10.9. The van der Waals surface area contributed by atoms with Gasteiger partial charge in [0.05, 0.1) is 41.9 Å². The van der Waals surface area contributed by atoms with Crippen LogP contribution in [0, 0.1) is 11.8 Å². The molecule has 198 valence electrons. The van der Waals surface area contributed by atoms with Crippen molar-refractivity contribution >= 4 is 5.91 Å². The Balaban J connectivity index is 1.11. The molecule has 2 fully saturated rings. The average molecular weight is 520 g/mol. The largest absolute Gasteiger partial charge is 0.341 e. The smallest absolute Gasteiger partial charge is 0.239 e. The van der Waals surface area contributed by atoms with E-state index in [9.17, 15) is 4.79 Å².